The van der Waals surface area contributed by atoms with Crippen molar-refractivity contribution < 1.29 is 0 Å². The maximum atomic E-state index is 5.66. The fourth-order valence-corrected chi connectivity index (χ4v) is 2.40. The van der Waals surface area contributed by atoms with Crippen LogP contribution < -0.4 is 10.6 Å². The molecular formula is C18H24N2. The highest BCUT2D eigenvalue weighted by molar-refractivity contribution is 5.48. The highest BCUT2D eigenvalue weighted by Crippen LogP contribution is 2.18. The third-order valence-electron chi connectivity index (χ3n) is 3.61. The van der Waals surface area contributed by atoms with Gasteiger partial charge in [-0.3, -0.25) is 0 Å². The lowest BCUT2D eigenvalue weighted by Crippen LogP contribution is -2.32. The molecule has 0 atom stereocenters. The first kappa shape index (κ1) is 14.6. The summed E-state index contributed by atoms with van der Waals surface area (Å²) in [4.78, 5) is 2.44. The normalized spacial score (nSPS) is 10.8. The van der Waals surface area contributed by atoms with Gasteiger partial charge in [0.25, 0.3) is 0 Å². The number of hydrogen-bond donors (Lipinski definition) is 1. The van der Waals surface area contributed by atoms with Crippen LogP contribution in [0.3, 0.4) is 0 Å². The van der Waals surface area contributed by atoms with Crippen molar-refractivity contribution in [3.8, 4) is 0 Å². The monoisotopic (exact) mass is 268 g/mol. The number of anilines is 1. The minimum absolute atomic E-state index is 0.488. The zero-order valence-corrected chi connectivity index (χ0v) is 12.4. The van der Waals surface area contributed by atoms with Crippen molar-refractivity contribution in [2.24, 2.45) is 5.73 Å². The second-order valence-electron chi connectivity index (χ2n) is 5.39. The lowest BCUT2D eigenvalue weighted by Gasteiger charge is -2.29. The van der Waals surface area contributed by atoms with E-state index >= 15 is 0 Å². The van der Waals surface area contributed by atoms with E-state index in [1.807, 2.05) is 0 Å². The molecule has 0 amide bonds. The minimum Gasteiger partial charge on any atom is -0.369 e. The van der Waals surface area contributed by atoms with Gasteiger partial charge >= 0.3 is 0 Å². The average molecular weight is 268 g/mol. The van der Waals surface area contributed by atoms with E-state index in [-0.39, 0.29) is 0 Å². The van der Waals surface area contributed by atoms with Crippen LogP contribution in [0.5, 0.6) is 0 Å². The fraction of sp³-hybridized carbons (Fsp3) is 0.333. The van der Waals surface area contributed by atoms with Gasteiger partial charge in [-0.2, -0.15) is 0 Å². The van der Waals surface area contributed by atoms with Crippen LogP contribution in [0.1, 0.15) is 25.0 Å². The first-order valence-corrected chi connectivity index (χ1v) is 7.30. The van der Waals surface area contributed by atoms with Gasteiger partial charge in [-0.1, -0.05) is 42.5 Å². The summed E-state index contributed by atoms with van der Waals surface area (Å²) in [7, 11) is 0. The van der Waals surface area contributed by atoms with Gasteiger partial charge in [0.2, 0.25) is 0 Å². The molecule has 2 aromatic carbocycles. The molecule has 0 heterocycles. The van der Waals surface area contributed by atoms with Crippen LogP contribution in [0.2, 0.25) is 0 Å². The number of nitrogens with zero attached hydrogens (tertiary/aromatic N) is 1. The van der Waals surface area contributed by atoms with Crippen LogP contribution in [0.15, 0.2) is 54.6 Å². The maximum absolute atomic E-state index is 5.66. The predicted molar refractivity (Wildman–Crippen MR) is 87.0 cm³/mol. The lowest BCUT2D eigenvalue weighted by atomic mass is 10.1. The number of nitrogens with two attached hydrogens (primary N) is 1. The lowest BCUT2D eigenvalue weighted by molar-refractivity contribution is 0.679. The third kappa shape index (κ3) is 3.84. The van der Waals surface area contributed by atoms with E-state index < -0.39 is 0 Å². The molecule has 0 aliphatic heterocycles. The van der Waals surface area contributed by atoms with E-state index in [1.54, 1.807) is 0 Å². The molecule has 0 radical (unpaired) electrons. The van der Waals surface area contributed by atoms with E-state index in [2.05, 4.69) is 73.3 Å². The Morgan fingerprint density at radius 3 is 2.10 bits per heavy atom. The molecule has 0 aliphatic carbocycles. The van der Waals surface area contributed by atoms with Gasteiger partial charge in [0.05, 0.1) is 0 Å². The van der Waals surface area contributed by atoms with Crippen LogP contribution in [-0.2, 0) is 13.0 Å². The first-order chi connectivity index (χ1) is 9.70. The van der Waals surface area contributed by atoms with Crippen molar-refractivity contribution in [3.63, 3.8) is 0 Å². The van der Waals surface area contributed by atoms with E-state index in [0.717, 1.165) is 13.0 Å². The molecule has 2 rings (SSSR count). The molecule has 0 spiro atoms. The smallest absolute Gasteiger partial charge is 0.0368 e. The molecule has 0 fully saturated rings. The van der Waals surface area contributed by atoms with Crippen molar-refractivity contribution in [1.82, 2.24) is 0 Å². The molecule has 0 saturated carbocycles. The average Bonchev–Trinajstić information content (AvgIpc) is 2.49. The van der Waals surface area contributed by atoms with Crippen LogP contribution in [0.25, 0.3) is 0 Å². The molecule has 0 bridgehead atoms. The van der Waals surface area contributed by atoms with Crippen molar-refractivity contribution in [2.45, 2.75) is 32.9 Å². The maximum Gasteiger partial charge on any atom is 0.0368 e. The summed E-state index contributed by atoms with van der Waals surface area (Å²) in [6.07, 6.45) is 1.07. The largest absolute Gasteiger partial charge is 0.369 e. The van der Waals surface area contributed by atoms with Gasteiger partial charge < -0.3 is 10.6 Å². The SMILES string of the molecule is CC(C)N(CCc1ccccc1)c1ccc(CN)cc1. The highest BCUT2D eigenvalue weighted by Gasteiger charge is 2.10. The zero-order chi connectivity index (χ0) is 14.4. The van der Waals surface area contributed by atoms with Gasteiger partial charge in [0.1, 0.15) is 0 Å². The molecule has 0 aliphatic rings. The third-order valence-corrected chi connectivity index (χ3v) is 3.61. The van der Waals surface area contributed by atoms with Gasteiger partial charge in [-0.25, -0.2) is 0 Å². The molecule has 2 nitrogen and oxygen atoms in total. The summed E-state index contributed by atoms with van der Waals surface area (Å²) in [5, 5.41) is 0. The van der Waals surface area contributed by atoms with E-state index in [1.165, 1.54) is 16.8 Å². The van der Waals surface area contributed by atoms with Crippen molar-refractivity contribution in [1.29, 1.82) is 0 Å². The summed E-state index contributed by atoms with van der Waals surface area (Å²) in [6.45, 7) is 6.11. The number of rotatable bonds is 6. The molecule has 2 aromatic rings. The summed E-state index contributed by atoms with van der Waals surface area (Å²) in [5.41, 5.74) is 9.50. The van der Waals surface area contributed by atoms with E-state index in [9.17, 15) is 0 Å². The molecular weight excluding hydrogens is 244 g/mol. The Labute approximate surface area is 122 Å². The second kappa shape index (κ2) is 7.11. The predicted octanol–water partition coefficient (Wildman–Crippen LogP) is 3.60. The quantitative estimate of drug-likeness (QED) is 0.867. The van der Waals surface area contributed by atoms with Crippen LogP contribution in [0.4, 0.5) is 5.69 Å². The Balaban J connectivity index is 2.06. The van der Waals surface area contributed by atoms with Gasteiger partial charge in [-0.15, -0.1) is 0 Å². The van der Waals surface area contributed by atoms with Crippen LogP contribution >= 0.6 is 0 Å². The topological polar surface area (TPSA) is 29.3 Å². The van der Waals surface area contributed by atoms with Gasteiger partial charge in [0.15, 0.2) is 0 Å². The minimum atomic E-state index is 0.488. The van der Waals surface area contributed by atoms with E-state index in [0.29, 0.717) is 12.6 Å². The van der Waals surface area contributed by atoms with Crippen molar-refractivity contribution >= 4 is 5.69 Å². The van der Waals surface area contributed by atoms with Crippen molar-refractivity contribution in [3.05, 3.63) is 65.7 Å². The highest BCUT2D eigenvalue weighted by atomic mass is 15.1. The molecule has 106 valence electrons. The molecule has 0 aromatic heterocycles. The zero-order valence-electron chi connectivity index (χ0n) is 12.4. The summed E-state index contributed by atoms with van der Waals surface area (Å²) < 4.78 is 0. The molecule has 20 heavy (non-hydrogen) atoms. The molecule has 2 heteroatoms. The standard InChI is InChI=1S/C18H24N2/c1-15(2)20(13-12-16-6-4-3-5-7-16)18-10-8-17(14-19)9-11-18/h3-11,15H,12-14,19H2,1-2H3. The molecule has 0 unspecified atom stereocenters. The second-order valence-corrected chi connectivity index (χ2v) is 5.39. The summed E-state index contributed by atoms with van der Waals surface area (Å²) >= 11 is 0. The number of benzene rings is 2. The number of hydrogen-bond acceptors (Lipinski definition) is 2. The summed E-state index contributed by atoms with van der Waals surface area (Å²) in [6, 6.07) is 19.7. The van der Waals surface area contributed by atoms with Gasteiger partial charge in [-0.05, 0) is 43.5 Å². The Hall–Kier alpha value is -1.80. The Morgan fingerprint density at radius 1 is 0.900 bits per heavy atom. The Kier molecular flexibility index (Phi) is 5.19. The van der Waals surface area contributed by atoms with E-state index in [4.69, 9.17) is 5.73 Å². The van der Waals surface area contributed by atoms with Crippen molar-refractivity contribution in [2.75, 3.05) is 11.4 Å². The Bertz CT molecular complexity index is 503. The summed E-state index contributed by atoms with van der Waals surface area (Å²) in [5.74, 6) is 0. The first-order valence-electron chi connectivity index (χ1n) is 7.30. The Morgan fingerprint density at radius 2 is 1.55 bits per heavy atom. The van der Waals surface area contributed by atoms with Gasteiger partial charge in [0, 0.05) is 24.8 Å². The molecule has 0 saturated heterocycles. The van der Waals surface area contributed by atoms with Crippen LogP contribution in [0, 0.1) is 0 Å². The molecule has 2 N–H and O–H groups in total. The van der Waals surface area contributed by atoms with Crippen LogP contribution in [-0.4, -0.2) is 12.6 Å². The fourth-order valence-electron chi connectivity index (χ4n) is 2.40.